The van der Waals surface area contributed by atoms with Crippen LogP contribution >= 0.6 is 11.8 Å². The highest BCUT2D eigenvalue weighted by Crippen LogP contribution is 2.33. The van der Waals surface area contributed by atoms with Crippen LogP contribution in [0.1, 0.15) is 32.1 Å². The third-order valence-corrected chi connectivity index (χ3v) is 5.41. The van der Waals surface area contributed by atoms with Crippen LogP contribution in [0.25, 0.3) is 10.4 Å². The Morgan fingerprint density at radius 1 is 1.41 bits per heavy atom. The van der Waals surface area contributed by atoms with Crippen LogP contribution in [0.5, 0.6) is 0 Å². The molecule has 0 aliphatic carbocycles. The number of rotatable bonds is 9. The van der Waals surface area contributed by atoms with Crippen LogP contribution in [-0.2, 0) is 4.79 Å². The van der Waals surface area contributed by atoms with Gasteiger partial charge in [0.05, 0.1) is 12.1 Å². The van der Waals surface area contributed by atoms with Crippen LogP contribution in [0.4, 0.5) is 4.79 Å². The van der Waals surface area contributed by atoms with Crippen molar-refractivity contribution in [3.05, 3.63) is 10.4 Å². The fourth-order valence-corrected chi connectivity index (χ4v) is 4.33. The molecule has 9 heteroatoms. The lowest BCUT2D eigenvalue weighted by Gasteiger charge is -2.16. The van der Waals surface area contributed by atoms with E-state index in [2.05, 4.69) is 26.0 Å². The lowest BCUT2D eigenvalue weighted by atomic mass is 10.0. The van der Waals surface area contributed by atoms with Crippen molar-refractivity contribution in [1.82, 2.24) is 16.0 Å². The molecule has 2 heterocycles. The molecule has 0 spiro atoms. The number of fused-ring (bicyclic) bond motifs is 1. The minimum absolute atomic E-state index is 0.0497. The van der Waals surface area contributed by atoms with Gasteiger partial charge in [-0.1, -0.05) is 11.5 Å². The van der Waals surface area contributed by atoms with Gasteiger partial charge in [-0.2, -0.15) is 11.8 Å². The predicted molar refractivity (Wildman–Crippen MR) is 85.6 cm³/mol. The number of carbonyl (C=O) groups excluding carboxylic acids is 2. The standard InChI is InChI=1S/C13H22N6O2S/c14-19-16-7-3-6-15-11(20)5-2-1-4-10-12-9(8-22-10)17-13(21)18-12/h9-10,12H,1-8H2,(H,15,20)(H2,17,18,21)/t9-,10?,12-/m0/s1. The number of thioether (sulfide) groups is 1. The molecule has 122 valence electrons. The van der Waals surface area contributed by atoms with E-state index in [9.17, 15) is 9.59 Å². The summed E-state index contributed by atoms with van der Waals surface area (Å²) in [6.45, 7) is 0.968. The zero-order valence-corrected chi connectivity index (χ0v) is 13.3. The van der Waals surface area contributed by atoms with Gasteiger partial charge in [-0.3, -0.25) is 4.79 Å². The van der Waals surface area contributed by atoms with E-state index in [1.165, 1.54) is 0 Å². The van der Waals surface area contributed by atoms with Gasteiger partial charge in [0.25, 0.3) is 0 Å². The number of hydrogen-bond acceptors (Lipinski definition) is 4. The second kappa shape index (κ2) is 8.75. The molecule has 2 aliphatic rings. The van der Waals surface area contributed by atoms with E-state index in [-0.39, 0.29) is 24.0 Å². The first kappa shape index (κ1) is 16.8. The Kier molecular flexibility index (Phi) is 6.67. The Balaban J connectivity index is 1.51. The van der Waals surface area contributed by atoms with E-state index in [1.54, 1.807) is 0 Å². The molecule has 3 atom stereocenters. The van der Waals surface area contributed by atoms with Crippen LogP contribution in [0.15, 0.2) is 5.11 Å². The number of carbonyl (C=O) groups is 2. The van der Waals surface area contributed by atoms with E-state index >= 15 is 0 Å². The minimum atomic E-state index is -0.0552. The molecule has 22 heavy (non-hydrogen) atoms. The van der Waals surface area contributed by atoms with Gasteiger partial charge in [-0.15, -0.1) is 0 Å². The molecule has 0 radical (unpaired) electrons. The van der Waals surface area contributed by atoms with Crippen LogP contribution < -0.4 is 16.0 Å². The van der Waals surface area contributed by atoms with Crippen molar-refractivity contribution in [2.24, 2.45) is 5.11 Å². The van der Waals surface area contributed by atoms with E-state index < -0.39 is 0 Å². The van der Waals surface area contributed by atoms with Gasteiger partial charge in [0.1, 0.15) is 0 Å². The largest absolute Gasteiger partial charge is 0.356 e. The fraction of sp³-hybridized carbons (Fsp3) is 0.846. The lowest BCUT2D eigenvalue weighted by Crippen LogP contribution is -2.36. The maximum absolute atomic E-state index is 11.6. The van der Waals surface area contributed by atoms with Gasteiger partial charge >= 0.3 is 6.03 Å². The maximum Gasteiger partial charge on any atom is 0.315 e. The van der Waals surface area contributed by atoms with Crippen LogP contribution in [0.2, 0.25) is 0 Å². The molecular formula is C13H22N6O2S. The van der Waals surface area contributed by atoms with Crippen molar-refractivity contribution < 1.29 is 9.59 Å². The molecule has 2 fully saturated rings. The Labute approximate surface area is 133 Å². The highest BCUT2D eigenvalue weighted by Gasteiger charge is 2.42. The van der Waals surface area contributed by atoms with Crippen molar-refractivity contribution in [3.8, 4) is 0 Å². The smallest absolute Gasteiger partial charge is 0.315 e. The molecule has 3 N–H and O–H groups in total. The maximum atomic E-state index is 11.6. The van der Waals surface area contributed by atoms with E-state index in [0.29, 0.717) is 31.2 Å². The molecule has 2 aliphatic heterocycles. The Morgan fingerprint density at radius 3 is 3.09 bits per heavy atom. The lowest BCUT2D eigenvalue weighted by molar-refractivity contribution is -0.121. The van der Waals surface area contributed by atoms with Crippen LogP contribution in [-0.4, -0.2) is 48.1 Å². The second-order valence-electron chi connectivity index (χ2n) is 5.53. The summed E-state index contributed by atoms with van der Waals surface area (Å²) in [4.78, 5) is 25.5. The average Bonchev–Trinajstić information content (AvgIpc) is 3.03. The zero-order valence-electron chi connectivity index (χ0n) is 12.5. The molecule has 2 saturated heterocycles. The monoisotopic (exact) mass is 326 g/mol. The molecule has 0 saturated carbocycles. The number of nitrogens with one attached hydrogen (secondary N) is 3. The predicted octanol–water partition coefficient (Wildman–Crippen LogP) is 1.53. The van der Waals surface area contributed by atoms with Gasteiger partial charge < -0.3 is 16.0 Å². The first-order chi connectivity index (χ1) is 10.7. The first-order valence-electron chi connectivity index (χ1n) is 7.67. The summed E-state index contributed by atoms with van der Waals surface area (Å²) in [5, 5.41) is 12.6. The third kappa shape index (κ3) is 4.99. The molecule has 8 nitrogen and oxygen atoms in total. The summed E-state index contributed by atoms with van der Waals surface area (Å²) in [6, 6.07) is 0.453. The number of hydrogen-bond donors (Lipinski definition) is 3. The van der Waals surface area contributed by atoms with E-state index in [0.717, 1.165) is 25.0 Å². The van der Waals surface area contributed by atoms with Gasteiger partial charge in [0.15, 0.2) is 0 Å². The summed E-state index contributed by atoms with van der Waals surface area (Å²) >= 11 is 1.90. The summed E-state index contributed by atoms with van der Waals surface area (Å²) < 4.78 is 0. The Bertz CT molecular complexity index is 454. The molecule has 0 aromatic heterocycles. The average molecular weight is 326 g/mol. The zero-order chi connectivity index (χ0) is 15.8. The topological polar surface area (TPSA) is 119 Å². The molecular weight excluding hydrogens is 304 g/mol. The van der Waals surface area contributed by atoms with E-state index in [4.69, 9.17) is 5.53 Å². The van der Waals surface area contributed by atoms with Crippen molar-refractivity contribution in [1.29, 1.82) is 0 Å². The van der Waals surface area contributed by atoms with E-state index in [1.807, 2.05) is 11.8 Å². The molecule has 1 unspecified atom stereocenters. The second-order valence-corrected chi connectivity index (χ2v) is 6.80. The molecule has 0 aromatic rings. The van der Waals surface area contributed by atoms with Crippen molar-refractivity contribution >= 4 is 23.7 Å². The molecule has 2 rings (SSSR count). The quantitative estimate of drug-likeness (QED) is 0.196. The van der Waals surface area contributed by atoms with Crippen molar-refractivity contribution in [3.63, 3.8) is 0 Å². The van der Waals surface area contributed by atoms with Crippen molar-refractivity contribution in [2.75, 3.05) is 18.8 Å². The molecule has 0 bridgehead atoms. The number of azide groups is 1. The normalized spacial score (nSPS) is 25.8. The number of amides is 3. The van der Waals surface area contributed by atoms with Crippen molar-refractivity contribution in [2.45, 2.75) is 49.4 Å². The summed E-state index contributed by atoms with van der Waals surface area (Å²) in [7, 11) is 0. The number of urea groups is 1. The van der Waals surface area contributed by atoms with Gasteiger partial charge in [0.2, 0.25) is 5.91 Å². The van der Waals surface area contributed by atoms with Gasteiger partial charge in [-0.25, -0.2) is 4.79 Å². The highest BCUT2D eigenvalue weighted by molar-refractivity contribution is 8.00. The third-order valence-electron chi connectivity index (χ3n) is 3.90. The van der Waals surface area contributed by atoms with Gasteiger partial charge in [0, 0.05) is 35.4 Å². The summed E-state index contributed by atoms with van der Waals surface area (Å²) in [6.07, 6.45) is 4.07. The van der Waals surface area contributed by atoms with Gasteiger partial charge in [-0.05, 0) is 24.8 Å². The minimum Gasteiger partial charge on any atom is -0.356 e. The first-order valence-corrected chi connectivity index (χ1v) is 8.72. The fourth-order valence-electron chi connectivity index (χ4n) is 2.78. The highest BCUT2D eigenvalue weighted by atomic mass is 32.2. The molecule has 0 aromatic carbocycles. The molecule has 3 amide bonds. The number of nitrogens with zero attached hydrogens (tertiary/aromatic N) is 3. The summed E-state index contributed by atoms with van der Waals surface area (Å²) in [5.74, 6) is 1.02. The number of unbranched alkanes of at least 4 members (excludes halogenated alkanes) is 1. The summed E-state index contributed by atoms with van der Waals surface area (Å²) in [5.41, 5.74) is 8.12. The van der Waals surface area contributed by atoms with Crippen LogP contribution in [0.3, 0.4) is 0 Å². The SMILES string of the molecule is [N-]=[N+]=NCCCNC(=O)CCCCC1SC[C@@H]2NC(=O)N[C@H]12. The Morgan fingerprint density at radius 2 is 2.27 bits per heavy atom. The van der Waals surface area contributed by atoms with Crippen LogP contribution in [0, 0.1) is 0 Å². The Hall–Kier alpha value is -1.60.